The van der Waals surface area contributed by atoms with Crippen molar-refractivity contribution in [2.45, 2.75) is 52.6 Å². The van der Waals surface area contributed by atoms with Crippen LogP contribution in [0.4, 0.5) is 0 Å². The molecule has 0 heterocycles. The van der Waals surface area contributed by atoms with Gasteiger partial charge in [0.1, 0.15) is 6.61 Å². The van der Waals surface area contributed by atoms with E-state index in [4.69, 9.17) is 4.74 Å². The van der Waals surface area contributed by atoms with E-state index in [9.17, 15) is 4.79 Å². The van der Waals surface area contributed by atoms with Crippen LogP contribution >= 0.6 is 0 Å². The number of nitrogens with one attached hydrogen (secondary N) is 2. The van der Waals surface area contributed by atoms with Crippen LogP contribution in [0.1, 0.15) is 40.5 Å². The molecule has 0 rings (SSSR count). The van der Waals surface area contributed by atoms with Crippen LogP contribution < -0.4 is 10.6 Å². The minimum atomic E-state index is -0.0221. The van der Waals surface area contributed by atoms with Gasteiger partial charge in [-0.15, -0.1) is 0 Å². The summed E-state index contributed by atoms with van der Waals surface area (Å²) in [7, 11) is 0. The van der Waals surface area contributed by atoms with Crippen LogP contribution in [-0.4, -0.2) is 37.7 Å². The highest BCUT2D eigenvalue weighted by Gasteiger charge is 2.04. The predicted molar refractivity (Wildman–Crippen MR) is 66.5 cm³/mol. The molecule has 0 saturated heterocycles. The standard InChI is InChI=1S/C12H26N2O2/c1-5-11(4)14-12(15)9-16-8-6-7-13-10(2)3/h10-11,13H,5-9H2,1-4H3,(H,14,15). The van der Waals surface area contributed by atoms with E-state index in [2.05, 4.69) is 24.5 Å². The van der Waals surface area contributed by atoms with Crippen LogP contribution in [0.15, 0.2) is 0 Å². The molecule has 0 saturated carbocycles. The zero-order chi connectivity index (χ0) is 12.4. The first-order chi connectivity index (χ1) is 7.56. The molecule has 0 radical (unpaired) electrons. The average Bonchev–Trinajstić information content (AvgIpc) is 2.22. The fourth-order valence-corrected chi connectivity index (χ4v) is 1.15. The molecule has 1 amide bonds. The molecule has 4 nitrogen and oxygen atoms in total. The molecule has 0 aromatic heterocycles. The van der Waals surface area contributed by atoms with Crippen LogP contribution in [0, 0.1) is 0 Å². The van der Waals surface area contributed by atoms with Crippen molar-refractivity contribution in [3.63, 3.8) is 0 Å². The van der Waals surface area contributed by atoms with Gasteiger partial charge in [-0.2, -0.15) is 0 Å². The van der Waals surface area contributed by atoms with Gasteiger partial charge < -0.3 is 15.4 Å². The molecule has 0 fully saturated rings. The Morgan fingerprint density at radius 3 is 2.56 bits per heavy atom. The van der Waals surface area contributed by atoms with E-state index in [1.54, 1.807) is 0 Å². The molecule has 2 N–H and O–H groups in total. The smallest absolute Gasteiger partial charge is 0.246 e. The van der Waals surface area contributed by atoms with Crippen molar-refractivity contribution in [2.75, 3.05) is 19.8 Å². The minimum Gasteiger partial charge on any atom is -0.372 e. The van der Waals surface area contributed by atoms with Crippen molar-refractivity contribution in [1.82, 2.24) is 10.6 Å². The monoisotopic (exact) mass is 230 g/mol. The Morgan fingerprint density at radius 1 is 1.31 bits per heavy atom. The number of hydrogen-bond acceptors (Lipinski definition) is 3. The fourth-order valence-electron chi connectivity index (χ4n) is 1.15. The van der Waals surface area contributed by atoms with Gasteiger partial charge in [-0.1, -0.05) is 20.8 Å². The third-order valence-electron chi connectivity index (χ3n) is 2.27. The van der Waals surface area contributed by atoms with Crippen molar-refractivity contribution in [3.05, 3.63) is 0 Å². The second-order valence-corrected chi connectivity index (χ2v) is 4.39. The molecule has 0 aliphatic heterocycles. The highest BCUT2D eigenvalue weighted by molar-refractivity contribution is 5.77. The van der Waals surface area contributed by atoms with E-state index >= 15 is 0 Å². The summed E-state index contributed by atoms with van der Waals surface area (Å²) in [5.41, 5.74) is 0. The summed E-state index contributed by atoms with van der Waals surface area (Å²) in [5, 5.41) is 6.15. The van der Waals surface area contributed by atoms with Gasteiger partial charge in [-0.25, -0.2) is 0 Å². The number of carbonyl (C=O) groups excluding carboxylic acids is 1. The third kappa shape index (κ3) is 9.93. The molecule has 0 bridgehead atoms. The molecule has 0 aromatic carbocycles. The van der Waals surface area contributed by atoms with Gasteiger partial charge in [0.15, 0.2) is 0 Å². The van der Waals surface area contributed by atoms with Crippen LogP contribution in [0.3, 0.4) is 0 Å². The van der Waals surface area contributed by atoms with Crippen LogP contribution in [0.2, 0.25) is 0 Å². The van der Waals surface area contributed by atoms with Crippen molar-refractivity contribution in [3.8, 4) is 0 Å². The average molecular weight is 230 g/mol. The van der Waals surface area contributed by atoms with Gasteiger partial charge in [0.05, 0.1) is 0 Å². The Bertz CT molecular complexity index is 184. The number of hydrogen-bond donors (Lipinski definition) is 2. The van der Waals surface area contributed by atoms with Crippen molar-refractivity contribution in [1.29, 1.82) is 0 Å². The number of rotatable bonds is 9. The zero-order valence-electron chi connectivity index (χ0n) is 11.0. The predicted octanol–water partition coefficient (Wildman–Crippen LogP) is 1.31. The normalized spacial score (nSPS) is 12.8. The summed E-state index contributed by atoms with van der Waals surface area (Å²) >= 11 is 0. The summed E-state index contributed by atoms with van der Waals surface area (Å²) in [4.78, 5) is 11.3. The first-order valence-electron chi connectivity index (χ1n) is 6.16. The summed E-state index contributed by atoms with van der Waals surface area (Å²) in [6.07, 6.45) is 1.89. The summed E-state index contributed by atoms with van der Waals surface area (Å²) in [5.74, 6) is -0.0221. The van der Waals surface area contributed by atoms with Crippen LogP contribution in [0.5, 0.6) is 0 Å². The molecule has 1 atom stereocenters. The largest absolute Gasteiger partial charge is 0.372 e. The van der Waals surface area contributed by atoms with Crippen LogP contribution in [-0.2, 0) is 9.53 Å². The van der Waals surface area contributed by atoms with Gasteiger partial charge in [0.2, 0.25) is 5.91 Å². The molecule has 0 spiro atoms. The van der Waals surface area contributed by atoms with E-state index < -0.39 is 0 Å². The Balaban J connectivity index is 3.28. The zero-order valence-corrected chi connectivity index (χ0v) is 11.0. The second kappa shape index (κ2) is 9.60. The van der Waals surface area contributed by atoms with Gasteiger partial charge in [-0.3, -0.25) is 4.79 Å². The van der Waals surface area contributed by atoms with Gasteiger partial charge >= 0.3 is 0 Å². The van der Waals surface area contributed by atoms with Crippen LogP contribution in [0.25, 0.3) is 0 Å². The Morgan fingerprint density at radius 2 is 2.00 bits per heavy atom. The maximum Gasteiger partial charge on any atom is 0.246 e. The number of ether oxygens (including phenoxy) is 1. The highest BCUT2D eigenvalue weighted by Crippen LogP contribution is 1.88. The van der Waals surface area contributed by atoms with E-state index in [0.717, 1.165) is 19.4 Å². The molecule has 96 valence electrons. The van der Waals surface area contributed by atoms with Gasteiger partial charge in [0.25, 0.3) is 0 Å². The van der Waals surface area contributed by atoms with E-state index in [1.165, 1.54) is 0 Å². The fraction of sp³-hybridized carbons (Fsp3) is 0.917. The third-order valence-corrected chi connectivity index (χ3v) is 2.27. The molecule has 1 unspecified atom stereocenters. The van der Waals surface area contributed by atoms with Crippen molar-refractivity contribution >= 4 is 5.91 Å². The SMILES string of the molecule is CCC(C)NC(=O)COCCCNC(C)C. The summed E-state index contributed by atoms with van der Waals surface area (Å²) < 4.78 is 5.27. The summed E-state index contributed by atoms with van der Waals surface area (Å²) in [6.45, 7) is 10.00. The molecule has 0 aromatic rings. The first-order valence-corrected chi connectivity index (χ1v) is 6.16. The lowest BCUT2D eigenvalue weighted by atomic mass is 10.2. The van der Waals surface area contributed by atoms with E-state index in [-0.39, 0.29) is 18.6 Å². The summed E-state index contributed by atoms with van der Waals surface area (Å²) in [6, 6.07) is 0.743. The molecule has 0 aliphatic carbocycles. The maximum atomic E-state index is 11.3. The van der Waals surface area contributed by atoms with Gasteiger partial charge in [-0.05, 0) is 26.3 Å². The van der Waals surface area contributed by atoms with Gasteiger partial charge in [0, 0.05) is 18.7 Å². The molecular weight excluding hydrogens is 204 g/mol. The Hall–Kier alpha value is -0.610. The molecular formula is C12H26N2O2. The Kier molecular flexibility index (Phi) is 9.24. The number of amides is 1. The molecule has 4 heteroatoms. The van der Waals surface area contributed by atoms with E-state index in [1.807, 2.05) is 13.8 Å². The second-order valence-electron chi connectivity index (χ2n) is 4.39. The van der Waals surface area contributed by atoms with E-state index in [0.29, 0.717) is 12.6 Å². The maximum absolute atomic E-state index is 11.3. The Labute approximate surface area is 99.1 Å². The lowest BCUT2D eigenvalue weighted by Gasteiger charge is -2.11. The first kappa shape index (κ1) is 15.4. The quantitative estimate of drug-likeness (QED) is 0.587. The lowest BCUT2D eigenvalue weighted by Crippen LogP contribution is -2.35. The number of carbonyl (C=O) groups is 1. The minimum absolute atomic E-state index is 0.0221. The van der Waals surface area contributed by atoms with Crippen molar-refractivity contribution in [2.24, 2.45) is 0 Å². The molecule has 0 aliphatic rings. The highest BCUT2D eigenvalue weighted by atomic mass is 16.5. The topological polar surface area (TPSA) is 50.4 Å². The lowest BCUT2D eigenvalue weighted by molar-refractivity contribution is -0.126. The van der Waals surface area contributed by atoms with Crippen molar-refractivity contribution < 1.29 is 9.53 Å². The molecule has 16 heavy (non-hydrogen) atoms.